The molecule has 3 aliphatic heterocycles. The zero-order chi connectivity index (χ0) is 17.2. The number of nitrogens with zero attached hydrogens (tertiary/aromatic N) is 3. The van der Waals surface area contributed by atoms with E-state index in [4.69, 9.17) is 4.52 Å². The van der Waals surface area contributed by atoms with Crippen molar-refractivity contribution in [1.82, 2.24) is 15.0 Å². The molecule has 5 nitrogen and oxygen atoms in total. The van der Waals surface area contributed by atoms with E-state index < -0.39 is 0 Å². The predicted molar refractivity (Wildman–Crippen MR) is 94.9 cm³/mol. The highest BCUT2D eigenvalue weighted by molar-refractivity contribution is 5.78. The Bertz CT molecular complexity index is 728. The fourth-order valence-electron chi connectivity index (χ4n) is 4.15. The molecule has 5 heteroatoms. The summed E-state index contributed by atoms with van der Waals surface area (Å²) in [5.41, 5.74) is 2.18. The lowest BCUT2D eigenvalue weighted by molar-refractivity contribution is -0.131. The zero-order valence-electron chi connectivity index (χ0n) is 14.7. The molecule has 0 radical (unpaired) electrons. The van der Waals surface area contributed by atoms with Gasteiger partial charge in [0.25, 0.3) is 0 Å². The number of amides is 1. The number of hydrogen-bond donors (Lipinski definition) is 0. The molecule has 3 fully saturated rings. The summed E-state index contributed by atoms with van der Waals surface area (Å²) < 4.78 is 5.22. The first kappa shape index (κ1) is 16.3. The number of rotatable bonds is 4. The molecular formula is C20H25N3O2. The van der Waals surface area contributed by atoms with Crippen LogP contribution in [0.15, 0.2) is 40.9 Å². The Kier molecular flexibility index (Phi) is 4.57. The predicted octanol–water partition coefficient (Wildman–Crippen LogP) is 2.65. The molecule has 0 saturated carbocycles. The number of aryl methyl sites for hydroxylation is 1. The van der Waals surface area contributed by atoms with Crippen LogP contribution in [0.2, 0.25) is 0 Å². The lowest BCUT2D eigenvalue weighted by atomic mass is 9.94. The number of carbonyl (C=O) groups is 1. The monoisotopic (exact) mass is 339 g/mol. The van der Waals surface area contributed by atoms with Gasteiger partial charge < -0.3 is 9.42 Å². The molecule has 25 heavy (non-hydrogen) atoms. The normalized spacial score (nSPS) is 23.6. The molecule has 2 aromatic rings. The minimum atomic E-state index is 0.162. The second kappa shape index (κ2) is 7.00. The maximum absolute atomic E-state index is 12.7. The average Bonchev–Trinajstić information content (AvgIpc) is 2.83. The smallest absolute Gasteiger partial charge is 0.230 e. The number of carbonyl (C=O) groups excluding carboxylic acids is 1. The quantitative estimate of drug-likeness (QED) is 0.859. The van der Waals surface area contributed by atoms with Crippen LogP contribution in [0.25, 0.3) is 0 Å². The molecule has 0 N–H and O–H groups in total. The number of benzene rings is 1. The van der Waals surface area contributed by atoms with E-state index in [1.165, 1.54) is 18.4 Å². The largest absolute Gasteiger partial charge is 0.361 e. The lowest BCUT2D eigenvalue weighted by Crippen LogP contribution is -2.44. The summed E-state index contributed by atoms with van der Waals surface area (Å²) in [6.45, 7) is 5.64. The minimum Gasteiger partial charge on any atom is -0.361 e. The SMILES string of the molecule is Cc1cc(CC(=O)N2C[C@H]3CC[C@@H](C2)N(Cc2ccccc2)C3)on1. The second-order valence-electron chi connectivity index (χ2n) is 7.42. The zero-order valence-corrected chi connectivity index (χ0v) is 14.7. The molecule has 1 aromatic heterocycles. The third-order valence-electron chi connectivity index (χ3n) is 5.41. The van der Waals surface area contributed by atoms with Crippen LogP contribution in [0, 0.1) is 12.8 Å². The fourth-order valence-corrected chi connectivity index (χ4v) is 4.15. The summed E-state index contributed by atoms with van der Waals surface area (Å²) in [4.78, 5) is 17.3. The highest BCUT2D eigenvalue weighted by Crippen LogP contribution is 2.29. The van der Waals surface area contributed by atoms with Gasteiger partial charge in [-0.1, -0.05) is 35.5 Å². The van der Waals surface area contributed by atoms with Gasteiger partial charge in [-0.15, -0.1) is 0 Å². The number of fused-ring (bicyclic) bond motifs is 4. The van der Waals surface area contributed by atoms with Crippen LogP contribution in [-0.4, -0.2) is 46.5 Å². The van der Waals surface area contributed by atoms with Gasteiger partial charge in [0.2, 0.25) is 5.91 Å². The third-order valence-corrected chi connectivity index (χ3v) is 5.41. The van der Waals surface area contributed by atoms with E-state index >= 15 is 0 Å². The summed E-state index contributed by atoms with van der Waals surface area (Å²) >= 11 is 0. The highest BCUT2D eigenvalue weighted by atomic mass is 16.5. The lowest BCUT2D eigenvalue weighted by Gasteiger charge is -2.36. The van der Waals surface area contributed by atoms with Crippen molar-refractivity contribution < 1.29 is 9.32 Å². The van der Waals surface area contributed by atoms with Crippen LogP contribution in [-0.2, 0) is 17.8 Å². The van der Waals surface area contributed by atoms with Crippen molar-refractivity contribution in [3.63, 3.8) is 0 Å². The maximum atomic E-state index is 12.7. The van der Waals surface area contributed by atoms with Gasteiger partial charge in [0.15, 0.2) is 0 Å². The highest BCUT2D eigenvalue weighted by Gasteiger charge is 2.36. The van der Waals surface area contributed by atoms with Crippen LogP contribution < -0.4 is 0 Å². The van der Waals surface area contributed by atoms with Crippen molar-refractivity contribution in [3.8, 4) is 0 Å². The topological polar surface area (TPSA) is 49.6 Å². The molecule has 5 rings (SSSR count). The first-order chi connectivity index (χ1) is 12.2. The minimum absolute atomic E-state index is 0.162. The van der Waals surface area contributed by atoms with Crippen LogP contribution in [0.1, 0.15) is 29.9 Å². The van der Waals surface area contributed by atoms with Crippen LogP contribution >= 0.6 is 0 Å². The molecule has 132 valence electrons. The van der Waals surface area contributed by atoms with E-state index in [0.717, 1.165) is 31.9 Å². The van der Waals surface area contributed by atoms with Crippen molar-refractivity contribution in [2.75, 3.05) is 19.6 Å². The summed E-state index contributed by atoms with van der Waals surface area (Å²) in [6.07, 6.45) is 2.73. The molecule has 3 aliphatic rings. The Hall–Kier alpha value is -2.14. The molecule has 0 unspecified atom stereocenters. The van der Waals surface area contributed by atoms with Crippen molar-refractivity contribution in [1.29, 1.82) is 0 Å². The molecule has 4 heterocycles. The van der Waals surface area contributed by atoms with Crippen molar-refractivity contribution in [3.05, 3.63) is 53.4 Å². The molecule has 0 spiro atoms. The molecule has 1 amide bonds. The Labute approximate surface area is 148 Å². The Morgan fingerprint density at radius 2 is 2.04 bits per heavy atom. The van der Waals surface area contributed by atoms with E-state index in [2.05, 4.69) is 40.4 Å². The molecule has 0 aliphatic carbocycles. The first-order valence-corrected chi connectivity index (χ1v) is 9.15. The van der Waals surface area contributed by atoms with Crippen LogP contribution in [0.4, 0.5) is 0 Å². The van der Waals surface area contributed by atoms with Crippen LogP contribution in [0.3, 0.4) is 0 Å². The van der Waals surface area contributed by atoms with Gasteiger partial charge in [-0.25, -0.2) is 0 Å². The number of aromatic nitrogens is 1. The second-order valence-corrected chi connectivity index (χ2v) is 7.42. The van der Waals surface area contributed by atoms with Gasteiger partial charge in [-0.2, -0.15) is 0 Å². The van der Waals surface area contributed by atoms with E-state index in [1.807, 2.05) is 17.9 Å². The Morgan fingerprint density at radius 3 is 2.80 bits per heavy atom. The summed E-state index contributed by atoms with van der Waals surface area (Å²) in [7, 11) is 0. The molecule has 1 aromatic carbocycles. The summed E-state index contributed by atoms with van der Waals surface area (Å²) in [6, 6.07) is 12.9. The third kappa shape index (κ3) is 3.76. The standard InChI is InChI=1S/C20H25N3O2/c1-15-9-19(25-21-15)10-20(24)23-13-17-7-8-18(14-23)22(12-17)11-16-5-3-2-4-6-16/h2-6,9,17-18H,7-8,10-14H2,1H3/t17-,18-/m0/s1. The average molecular weight is 339 g/mol. The maximum Gasteiger partial charge on any atom is 0.230 e. The van der Waals surface area contributed by atoms with Gasteiger partial charge in [0.1, 0.15) is 5.76 Å². The van der Waals surface area contributed by atoms with Crippen molar-refractivity contribution in [2.24, 2.45) is 5.92 Å². The number of hydrogen-bond acceptors (Lipinski definition) is 4. The van der Waals surface area contributed by atoms with E-state index in [0.29, 0.717) is 24.1 Å². The summed E-state index contributed by atoms with van der Waals surface area (Å²) in [5.74, 6) is 1.40. The van der Waals surface area contributed by atoms with Crippen LogP contribution in [0.5, 0.6) is 0 Å². The summed E-state index contributed by atoms with van der Waals surface area (Å²) in [5, 5.41) is 3.88. The van der Waals surface area contributed by atoms with Gasteiger partial charge in [-0.05, 0) is 31.2 Å². The number of piperidine rings is 1. The van der Waals surface area contributed by atoms with E-state index in [1.54, 1.807) is 0 Å². The molecular weight excluding hydrogens is 314 g/mol. The van der Waals surface area contributed by atoms with Gasteiger partial charge in [-0.3, -0.25) is 9.69 Å². The van der Waals surface area contributed by atoms with Crippen molar-refractivity contribution >= 4 is 5.91 Å². The van der Waals surface area contributed by atoms with Gasteiger partial charge in [0.05, 0.1) is 12.1 Å². The first-order valence-electron chi connectivity index (χ1n) is 9.15. The Morgan fingerprint density at radius 1 is 1.20 bits per heavy atom. The molecule has 2 atom stereocenters. The van der Waals surface area contributed by atoms with Crippen molar-refractivity contribution in [2.45, 2.75) is 38.8 Å². The fraction of sp³-hybridized carbons (Fsp3) is 0.500. The van der Waals surface area contributed by atoms with E-state index in [-0.39, 0.29) is 5.91 Å². The van der Waals surface area contributed by atoms with E-state index in [9.17, 15) is 4.79 Å². The van der Waals surface area contributed by atoms with Gasteiger partial charge >= 0.3 is 0 Å². The molecule has 3 saturated heterocycles. The Balaban J connectivity index is 1.42. The van der Waals surface area contributed by atoms with Gasteiger partial charge in [0, 0.05) is 38.3 Å². The molecule has 2 bridgehead atoms.